The molecule has 0 saturated carbocycles. The Morgan fingerprint density at radius 2 is 1.94 bits per heavy atom. The van der Waals surface area contributed by atoms with Crippen molar-refractivity contribution < 1.29 is 17.9 Å². The second-order valence-corrected chi connectivity index (χ2v) is 17.3. The molecule has 2 N–H and O–H groups in total. The molecular weight excluding hydrogens is 489 g/mol. The van der Waals surface area contributed by atoms with Crippen LogP contribution < -0.4 is 5.73 Å². The van der Waals surface area contributed by atoms with Gasteiger partial charge in [0.25, 0.3) is 9.05 Å². The number of primary amides is 1. The van der Waals surface area contributed by atoms with Gasteiger partial charge in [-0.3, -0.25) is 4.79 Å². The highest BCUT2D eigenvalue weighted by Gasteiger charge is 2.27. The highest BCUT2D eigenvalue weighted by atomic mass is 35.7. The zero-order chi connectivity index (χ0) is 23.7. The molecule has 1 aromatic heterocycles. The SMILES string of the molecule is C[Si](C)(C)CCOCn1cc2c(S(=O)(=O)Cl)cc(C(C(N)=O)c3ccccc3Cl)cc2n1. The summed E-state index contributed by atoms with van der Waals surface area (Å²) in [7, 11) is 0.353. The molecule has 0 bridgehead atoms. The number of nitrogens with zero attached hydrogens (tertiary/aromatic N) is 2. The molecule has 172 valence electrons. The summed E-state index contributed by atoms with van der Waals surface area (Å²) in [5.41, 5.74) is 6.83. The number of hydrogen-bond donors (Lipinski definition) is 1. The Labute approximate surface area is 197 Å². The largest absolute Gasteiger partial charge is 0.369 e. The fourth-order valence-corrected chi connectivity index (χ4v) is 5.42. The van der Waals surface area contributed by atoms with Crippen molar-refractivity contribution in [3.63, 3.8) is 0 Å². The molecule has 32 heavy (non-hydrogen) atoms. The summed E-state index contributed by atoms with van der Waals surface area (Å²) in [6.45, 7) is 7.53. The van der Waals surface area contributed by atoms with Gasteiger partial charge in [0.15, 0.2) is 0 Å². The number of halogens is 2. The Morgan fingerprint density at radius 3 is 2.53 bits per heavy atom. The number of aromatic nitrogens is 2. The fourth-order valence-electron chi connectivity index (χ4n) is 3.34. The van der Waals surface area contributed by atoms with Crippen molar-refractivity contribution in [2.24, 2.45) is 5.73 Å². The predicted octanol–water partition coefficient (Wildman–Crippen LogP) is 4.55. The summed E-state index contributed by atoms with van der Waals surface area (Å²) >= 11 is 6.28. The average molecular weight is 515 g/mol. The van der Waals surface area contributed by atoms with Crippen LogP contribution in [0.2, 0.25) is 30.7 Å². The predicted molar refractivity (Wildman–Crippen MR) is 129 cm³/mol. The summed E-state index contributed by atoms with van der Waals surface area (Å²) in [5, 5.41) is 5.11. The lowest BCUT2D eigenvalue weighted by molar-refractivity contribution is -0.118. The van der Waals surface area contributed by atoms with Crippen LogP contribution in [0.4, 0.5) is 0 Å². The first-order valence-corrected chi connectivity index (χ1v) is 16.3. The zero-order valence-corrected chi connectivity index (χ0v) is 21.3. The lowest BCUT2D eigenvalue weighted by Crippen LogP contribution is -2.23. The summed E-state index contributed by atoms with van der Waals surface area (Å²) in [5.74, 6) is -1.65. The number of amides is 1. The van der Waals surface area contributed by atoms with E-state index < -0.39 is 28.9 Å². The quantitative estimate of drug-likeness (QED) is 0.256. The number of ether oxygens (including phenoxy) is 1. The van der Waals surface area contributed by atoms with E-state index >= 15 is 0 Å². The molecule has 1 unspecified atom stereocenters. The molecule has 1 atom stereocenters. The maximum absolute atomic E-state index is 12.3. The Bertz CT molecular complexity index is 1260. The van der Waals surface area contributed by atoms with Crippen molar-refractivity contribution in [3.8, 4) is 0 Å². The third-order valence-corrected chi connectivity index (χ3v) is 8.38. The Balaban J connectivity index is 2.05. The van der Waals surface area contributed by atoms with Gasteiger partial charge in [0.1, 0.15) is 6.73 Å². The van der Waals surface area contributed by atoms with E-state index in [0.29, 0.717) is 33.7 Å². The number of fused-ring (bicyclic) bond motifs is 1. The van der Waals surface area contributed by atoms with Crippen molar-refractivity contribution in [2.45, 2.75) is 43.2 Å². The smallest absolute Gasteiger partial charge is 0.262 e. The minimum Gasteiger partial charge on any atom is -0.369 e. The topological polar surface area (TPSA) is 104 Å². The third kappa shape index (κ3) is 5.90. The molecule has 2 aromatic carbocycles. The van der Waals surface area contributed by atoms with E-state index in [2.05, 4.69) is 24.7 Å². The van der Waals surface area contributed by atoms with Gasteiger partial charge in [-0.1, -0.05) is 49.4 Å². The van der Waals surface area contributed by atoms with Crippen LogP contribution in [0, 0.1) is 0 Å². The molecule has 0 aliphatic rings. The minimum absolute atomic E-state index is 0.154. The molecule has 1 heterocycles. The van der Waals surface area contributed by atoms with Crippen molar-refractivity contribution in [2.75, 3.05) is 6.61 Å². The summed E-state index contributed by atoms with van der Waals surface area (Å²) < 4.78 is 31.9. The number of benzene rings is 2. The number of carbonyl (C=O) groups is 1. The van der Waals surface area contributed by atoms with Crippen LogP contribution in [0.15, 0.2) is 47.5 Å². The Kier molecular flexibility index (Phi) is 7.36. The Morgan fingerprint density at radius 1 is 1.25 bits per heavy atom. The van der Waals surface area contributed by atoms with E-state index in [9.17, 15) is 13.2 Å². The maximum Gasteiger partial charge on any atom is 0.262 e. The first-order valence-electron chi connectivity index (χ1n) is 9.94. The molecule has 0 aliphatic carbocycles. The molecule has 11 heteroatoms. The second kappa shape index (κ2) is 9.52. The van der Waals surface area contributed by atoms with Crippen LogP contribution in [0.5, 0.6) is 0 Å². The Hall–Kier alpha value is -1.91. The second-order valence-electron chi connectivity index (χ2n) is 8.76. The zero-order valence-electron chi connectivity index (χ0n) is 18.0. The number of hydrogen-bond acceptors (Lipinski definition) is 5. The van der Waals surface area contributed by atoms with Crippen molar-refractivity contribution in [1.29, 1.82) is 0 Å². The molecule has 0 aliphatic heterocycles. The number of rotatable bonds is 9. The number of nitrogens with two attached hydrogens (primary N) is 1. The van der Waals surface area contributed by atoms with Gasteiger partial charge < -0.3 is 10.5 Å². The van der Waals surface area contributed by atoms with Gasteiger partial charge in [-0.2, -0.15) is 5.10 Å². The highest BCUT2D eigenvalue weighted by molar-refractivity contribution is 8.14. The van der Waals surface area contributed by atoms with Gasteiger partial charge >= 0.3 is 0 Å². The summed E-state index contributed by atoms with van der Waals surface area (Å²) in [4.78, 5) is 12.2. The average Bonchev–Trinajstić information content (AvgIpc) is 3.07. The molecule has 3 rings (SSSR count). The molecule has 1 amide bonds. The van der Waals surface area contributed by atoms with Gasteiger partial charge in [-0.15, -0.1) is 0 Å². The monoisotopic (exact) mass is 513 g/mol. The van der Waals surface area contributed by atoms with Crippen LogP contribution in [0.1, 0.15) is 17.0 Å². The van der Waals surface area contributed by atoms with E-state index in [-0.39, 0.29) is 11.6 Å². The van der Waals surface area contributed by atoms with Crippen LogP contribution in [-0.4, -0.2) is 38.8 Å². The van der Waals surface area contributed by atoms with Gasteiger partial charge in [0, 0.05) is 42.0 Å². The standard InChI is InChI=1S/C21H25Cl2N3O4SSi/c1-32(2,3)9-8-30-13-26-12-16-18(25-26)10-14(11-19(16)31(23,28)29)20(21(24)27)15-6-4-5-7-17(15)22/h4-7,10-12,20H,8-9,13H2,1-3H3,(H2,24,27). The maximum atomic E-state index is 12.3. The lowest BCUT2D eigenvalue weighted by Gasteiger charge is -2.16. The van der Waals surface area contributed by atoms with Crippen LogP contribution in [-0.2, 0) is 25.3 Å². The van der Waals surface area contributed by atoms with E-state index in [4.69, 9.17) is 32.8 Å². The van der Waals surface area contributed by atoms with Crippen molar-refractivity contribution in [1.82, 2.24) is 9.78 Å². The lowest BCUT2D eigenvalue weighted by atomic mass is 9.90. The van der Waals surface area contributed by atoms with Gasteiger partial charge in [0.2, 0.25) is 5.91 Å². The van der Waals surface area contributed by atoms with Crippen LogP contribution in [0.3, 0.4) is 0 Å². The van der Waals surface area contributed by atoms with E-state index in [1.807, 2.05) is 0 Å². The molecular formula is C21H25Cl2N3O4SSi. The molecule has 7 nitrogen and oxygen atoms in total. The van der Waals surface area contributed by atoms with Gasteiger partial charge in [0.05, 0.1) is 16.3 Å². The molecule has 0 spiro atoms. The molecule has 0 saturated heterocycles. The van der Waals surface area contributed by atoms with Gasteiger partial charge in [-0.25, -0.2) is 13.1 Å². The minimum atomic E-state index is -4.14. The molecule has 0 radical (unpaired) electrons. The normalized spacial score (nSPS) is 13.4. The van der Waals surface area contributed by atoms with E-state index in [1.165, 1.54) is 10.7 Å². The molecule has 0 fully saturated rings. The van der Waals surface area contributed by atoms with Gasteiger partial charge in [-0.05, 0) is 35.4 Å². The van der Waals surface area contributed by atoms with E-state index in [0.717, 1.165) is 6.04 Å². The fraction of sp³-hybridized carbons (Fsp3) is 0.333. The first-order chi connectivity index (χ1) is 14.9. The van der Waals surface area contributed by atoms with Crippen molar-refractivity contribution >= 4 is 56.2 Å². The third-order valence-electron chi connectivity index (χ3n) is 4.97. The van der Waals surface area contributed by atoms with Crippen molar-refractivity contribution in [3.05, 3.63) is 58.7 Å². The number of carbonyl (C=O) groups excluding carboxylic acids is 1. The first kappa shape index (κ1) is 24.7. The summed E-state index contributed by atoms with van der Waals surface area (Å²) in [6.07, 6.45) is 1.57. The highest BCUT2D eigenvalue weighted by Crippen LogP contribution is 2.35. The summed E-state index contributed by atoms with van der Waals surface area (Å²) in [6, 6.07) is 10.7. The molecule has 3 aromatic rings. The van der Waals surface area contributed by atoms with Crippen LogP contribution in [0.25, 0.3) is 10.9 Å². The van der Waals surface area contributed by atoms with E-state index in [1.54, 1.807) is 36.5 Å². The van der Waals surface area contributed by atoms with Crippen LogP contribution >= 0.6 is 22.3 Å².